The fraction of sp³-hybridized carbons (Fsp3) is 0.235. The number of esters is 1. The SMILES string of the molecule is CCOC(=O)c1c(C)[nH]c(C=C2C(=O)Nc3cccnc32)c1C. The lowest BCUT2D eigenvalue weighted by molar-refractivity contribution is -0.110. The third-order valence-electron chi connectivity index (χ3n) is 3.80. The number of rotatable bonds is 3. The van der Waals surface area contributed by atoms with Crippen molar-refractivity contribution in [3.8, 4) is 0 Å². The van der Waals surface area contributed by atoms with Gasteiger partial charge in [0.25, 0.3) is 5.91 Å². The first kappa shape index (κ1) is 15.0. The zero-order chi connectivity index (χ0) is 16.6. The van der Waals surface area contributed by atoms with Crippen LogP contribution in [0, 0.1) is 13.8 Å². The van der Waals surface area contributed by atoms with E-state index in [0.717, 1.165) is 5.56 Å². The Morgan fingerprint density at radius 1 is 1.39 bits per heavy atom. The van der Waals surface area contributed by atoms with Gasteiger partial charge in [-0.05, 0) is 44.5 Å². The van der Waals surface area contributed by atoms with Gasteiger partial charge in [-0.3, -0.25) is 9.78 Å². The normalized spacial score (nSPS) is 14.7. The maximum absolute atomic E-state index is 12.2. The maximum atomic E-state index is 12.2. The summed E-state index contributed by atoms with van der Waals surface area (Å²) in [6.07, 6.45) is 3.36. The third-order valence-corrected chi connectivity index (χ3v) is 3.80. The summed E-state index contributed by atoms with van der Waals surface area (Å²) < 4.78 is 5.08. The Morgan fingerprint density at radius 3 is 2.91 bits per heavy atom. The number of nitrogens with zero attached hydrogens (tertiary/aromatic N) is 1. The number of anilines is 1. The number of ether oxygens (including phenoxy) is 1. The molecule has 0 aliphatic carbocycles. The molecule has 3 heterocycles. The van der Waals surface area contributed by atoms with E-state index in [-0.39, 0.29) is 11.9 Å². The topological polar surface area (TPSA) is 84.1 Å². The van der Waals surface area contributed by atoms with Gasteiger partial charge in [0.15, 0.2) is 0 Å². The van der Waals surface area contributed by atoms with Crippen molar-refractivity contribution < 1.29 is 14.3 Å². The van der Waals surface area contributed by atoms with Crippen molar-refractivity contribution in [2.45, 2.75) is 20.8 Å². The van der Waals surface area contributed by atoms with E-state index in [2.05, 4.69) is 15.3 Å². The van der Waals surface area contributed by atoms with Crippen LogP contribution < -0.4 is 5.32 Å². The highest BCUT2D eigenvalue weighted by atomic mass is 16.5. The Kier molecular flexibility index (Phi) is 3.73. The summed E-state index contributed by atoms with van der Waals surface area (Å²) in [5.74, 6) is -0.569. The van der Waals surface area contributed by atoms with Crippen LogP contribution in [0.25, 0.3) is 11.6 Å². The molecule has 0 saturated carbocycles. The number of aromatic amines is 1. The minimum atomic E-state index is -0.363. The summed E-state index contributed by atoms with van der Waals surface area (Å²) in [6, 6.07) is 3.57. The summed E-state index contributed by atoms with van der Waals surface area (Å²) >= 11 is 0. The van der Waals surface area contributed by atoms with E-state index >= 15 is 0 Å². The number of H-pyrrole nitrogens is 1. The van der Waals surface area contributed by atoms with E-state index in [1.165, 1.54) is 0 Å². The fourth-order valence-electron chi connectivity index (χ4n) is 2.72. The molecule has 0 radical (unpaired) electrons. The molecular formula is C17H17N3O3. The minimum Gasteiger partial charge on any atom is -0.462 e. The van der Waals surface area contributed by atoms with Crippen molar-refractivity contribution in [3.63, 3.8) is 0 Å². The molecular weight excluding hydrogens is 294 g/mol. The number of aromatic nitrogens is 2. The molecule has 0 atom stereocenters. The van der Waals surface area contributed by atoms with Crippen LogP contribution in [0.4, 0.5) is 5.69 Å². The number of hydrogen-bond donors (Lipinski definition) is 2. The first-order valence-corrected chi connectivity index (χ1v) is 7.37. The van der Waals surface area contributed by atoms with Crippen LogP contribution in [0.3, 0.4) is 0 Å². The maximum Gasteiger partial charge on any atom is 0.340 e. The monoisotopic (exact) mass is 311 g/mol. The van der Waals surface area contributed by atoms with Gasteiger partial charge in [-0.25, -0.2) is 4.79 Å². The number of aryl methyl sites for hydroxylation is 1. The molecule has 3 rings (SSSR count). The van der Waals surface area contributed by atoms with Crippen molar-refractivity contribution in [2.75, 3.05) is 11.9 Å². The molecule has 1 aliphatic heterocycles. The number of pyridine rings is 1. The number of carbonyl (C=O) groups excluding carboxylic acids is 2. The van der Waals surface area contributed by atoms with Crippen molar-refractivity contribution in [1.82, 2.24) is 9.97 Å². The van der Waals surface area contributed by atoms with Crippen LogP contribution in [0.5, 0.6) is 0 Å². The van der Waals surface area contributed by atoms with Gasteiger partial charge < -0.3 is 15.0 Å². The molecule has 23 heavy (non-hydrogen) atoms. The summed E-state index contributed by atoms with van der Waals surface area (Å²) in [4.78, 5) is 31.6. The zero-order valence-corrected chi connectivity index (χ0v) is 13.2. The molecule has 0 unspecified atom stereocenters. The lowest BCUT2D eigenvalue weighted by Crippen LogP contribution is -2.06. The zero-order valence-electron chi connectivity index (χ0n) is 13.2. The third kappa shape index (κ3) is 2.52. The van der Waals surface area contributed by atoms with Crippen molar-refractivity contribution in [3.05, 3.63) is 46.5 Å². The van der Waals surface area contributed by atoms with Gasteiger partial charge in [0, 0.05) is 17.6 Å². The number of carbonyl (C=O) groups is 2. The summed E-state index contributed by atoms with van der Waals surface area (Å²) in [7, 11) is 0. The Bertz CT molecular complexity index is 834. The van der Waals surface area contributed by atoms with Crippen LogP contribution in [0.2, 0.25) is 0 Å². The quantitative estimate of drug-likeness (QED) is 0.674. The van der Waals surface area contributed by atoms with E-state index in [1.807, 2.05) is 13.8 Å². The smallest absolute Gasteiger partial charge is 0.340 e. The van der Waals surface area contributed by atoms with Crippen molar-refractivity contribution in [1.29, 1.82) is 0 Å². The molecule has 6 nitrogen and oxygen atoms in total. The van der Waals surface area contributed by atoms with E-state index in [0.29, 0.717) is 40.5 Å². The van der Waals surface area contributed by atoms with Crippen LogP contribution in [0.1, 0.15) is 39.9 Å². The highest BCUT2D eigenvalue weighted by molar-refractivity contribution is 6.34. The molecule has 0 bridgehead atoms. The molecule has 2 N–H and O–H groups in total. The molecule has 0 spiro atoms. The predicted octanol–water partition coefficient (Wildman–Crippen LogP) is 2.70. The molecule has 118 valence electrons. The lowest BCUT2D eigenvalue weighted by atomic mass is 10.1. The molecule has 1 amide bonds. The highest BCUT2D eigenvalue weighted by Gasteiger charge is 2.26. The van der Waals surface area contributed by atoms with Crippen LogP contribution >= 0.6 is 0 Å². The van der Waals surface area contributed by atoms with Gasteiger partial charge in [0.1, 0.15) is 0 Å². The molecule has 2 aromatic rings. The number of amides is 1. The Hall–Kier alpha value is -2.89. The first-order valence-electron chi connectivity index (χ1n) is 7.37. The van der Waals surface area contributed by atoms with E-state index in [4.69, 9.17) is 4.74 Å². The number of nitrogens with one attached hydrogen (secondary N) is 2. The number of fused-ring (bicyclic) bond motifs is 1. The second-order valence-corrected chi connectivity index (χ2v) is 5.30. The second-order valence-electron chi connectivity index (χ2n) is 5.30. The summed E-state index contributed by atoms with van der Waals surface area (Å²) in [5.41, 5.74) is 4.46. The molecule has 6 heteroatoms. The van der Waals surface area contributed by atoms with E-state index in [1.54, 1.807) is 31.3 Å². The number of hydrogen-bond acceptors (Lipinski definition) is 4. The average Bonchev–Trinajstić information content (AvgIpc) is 2.97. The van der Waals surface area contributed by atoms with Gasteiger partial charge in [0.2, 0.25) is 0 Å². The Labute approximate surface area is 133 Å². The Balaban J connectivity index is 2.06. The van der Waals surface area contributed by atoms with Gasteiger partial charge in [-0.2, -0.15) is 0 Å². The van der Waals surface area contributed by atoms with Gasteiger partial charge in [-0.1, -0.05) is 0 Å². The van der Waals surface area contributed by atoms with E-state index < -0.39 is 0 Å². The van der Waals surface area contributed by atoms with Crippen LogP contribution in [-0.2, 0) is 9.53 Å². The lowest BCUT2D eigenvalue weighted by Gasteiger charge is -2.02. The summed E-state index contributed by atoms with van der Waals surface area (Å²) in [6.45, 7) is 5.72. The largest absolute Gasteiger partial charge is 0.462 e. The highest BCUT2D eigenvalue weighted by Crippen LogP contribution is 2.32. The fourth-order valence-corrected chi connectivity index (χ4v) is 2.72. The molecule has 0 saturated heterocycles. The van der Waals surface area contributed by atoms with E-state index in [9.17, 15) is 9.59 Å². The minimum absolute atomic E-state index is 0.206. The Morgan fingerprint density at radius 2 is 2.17 bits per heavy atom. The standard InChI is InChI=1S/C17H17N3O3/c1-4-23-17(22)14-9(2)13(19-10(14)3)8-11-15-12(20-16(11)21)6-5-7-18-15/h5-8,19H,4H2,1-3H3,(H,20,21). The molecule has 0 fully saturated rings. The molecule has 2 aromatic heterocycles. The van der Waals surface area contributed by atoms with Crippen molar-refractivity contribution >= 4 is 29.2 Å². The van der Waals surface area contributed by atoms with Crippen molar-refractivity contribution in [2.24, 2.45) is 0 Å². The molecule has 0 aromatic carbocycles. The van der Waals surface area contributed by atoms with Gasteiger partial charge in [-0.15, -0.1) is 0 Å². The predicted molar refractivity (Wildman–Crippen MR) is 87.0 cm³/mol. The first-order chi connectivity index (χ1) is 11.0. The van der Waals surface area contributed by atoms with Crippen LogP contribution in [-0.4, -0.2) is 28.5 Å². The summed E-state index contributed by atoms with van der Waals surface area (Å²) in [5, 5.41) is 2.78. The second kappa shape index (κ2) is 5.72. The molecule has 1 aliphatic rings. The van der Waals surface area contributed by atoms with Gasteiger partial charge in [0.05, 0.1) is 29.1 Å². The van der Waals surface area contributed by atoms with Crippen LogP contribution in [0.15, 0.2) is 18.3 Å². The van der Waals surface area contributed by atoms with Gasteiger partial charge >= 0.3 is 5.97 Å². The average molecular weight is 311 g/mol.